The van der Waals surface area contributed by atoms with Gasteiger partial charge >= 0.3 is 0 Å². The number of ether oxygens (including phenoxy) is 3. The van der Waals surface area contributed by atoms with Gasteiger partial charge in [0.25, 0.3) is 0 Å². The number of nitrogens with zero attached hydrogens (tertiary/aromatic N) is 1. The van der Waals surface area contributed by atoms with Gasteiger partial charge in [0.2, 0.25) is 0 Å². The first-order valence-corrected chi connectivity index (χ1v) is 13.8. The molecule has 1 unspecified atom stereocenters. The molecular formula is C34H34BrNO3. The highest BCUT2D eigenvalue weighted by molar-refractivity contribution is 9.10. The minimum atomic E-state index is 0.00799. The van der Waals surface area contributed by atoms with Gasteiger partial charge in [-0.3, -0.25) is 4.90 Å². The second kappa shape index (κ2) is 14.4. The molecule has 0 radical (unpaired) electrons. The highest BCUT2D eigenvalue weighted by Crippen LogP contribution is 2.33. The van der Waals surface area contributed by atoms with Crippen molar-refractivity contribution >= 4 is 15.9 Å². The minimum Gasteiger partial charge on any atom is -0.497 e. The van der Waals surface area contributed by atoms with Gasteiger partial charge in [0, 0.05) is 23.1 Å². The highest BCUT2D eigenvalue weighted by Gasteiger charge is 2.19. The summed E-state index contributed by atoms with van der Waals surface area (Å²) in [5.41, 5.74) is 4.64. The van der Waals surface area contributed by atoms with Gasteiger partial charge in [-0.15, -0.1) is 0 Å². The third-order valence-corrected chi connectivity index (χ3v) is 7.37. The summed E-state index contributed by atoms with van der Waals surface area (Å²) in [7, 11) is 5.01. The van der Waals surface area contributed by atoms with E-state index >= 15 is 0 Å². The SMILES string of the molecule is COc1ccc(CN(CCc2cc(OC)c(OC)cc2Br)C(C#Cc2ccccc2)Cc2ccccc2)cc1. The van der Waals surface area contributed by atoms with E-state index < -0.39 is 0 Å². The Morgan fingerprint density at radius 2 is 1.38 bits per heavy atom. The predicted octanol–water partition coefficient (Wildman–Crippen LogP) is 7.18. The zero-order valence-corrected chi connectivity index (χ0v) is 24.3. The van der Waals surface area contributed by atoms with E-state index in [2.05, 4.69) is 93.3 Å². The Hall–Kier alpha value is -3.72. The average Bonchev–Trinajstić information content (AvgIpc) is 2.99. The van der Waals surface area contributed by atoms with E-state index in [9.17, 15) is 0 Å². The first kappa shape index (κ1) is 28.3. The fourth-order valence-electron chi connectivity index (χ4n) is 4.46. The largest absolute Gasteiger partial charge is 0.497 e. The quantitative estimate of drug-likeness (QED) is 0.175. The van der Waals surface area contributed by atoms with Crippen molar-refractivity contribution in [3.63, 3.8) is 0 Å². The van der Waals surface area contributed by atoms with Crippen molar-refractivity contribution in [3.8, 4) is 29.1 Å². The average molecular weight is 585 g/mol. The molecule has 0 aliphatic heterocycles. The van der Waals surface area contributed by atoms with E-state index in [-0.39, 0.29) is 6.04 Å². The lowest BCUT2D eigenvalue weighted by Crippen LogP contribution is -2.37. The lowest BCUT2D eigenvalue weighted by molar-refractivity contribution is 0.227. The first-order valence-electron chi connectivity index (χ1n) is 13.0. The zero-order valence-electron chi connectivity index (χ0n) is 22.7. The Balaban J connectivity index is 1.67. The fourth-order valence-corrected chi connectivity index (χ4v) is 4.98. The molecule has 0 saturated heterocycles. The van der Waals surface area contributed by atoms with Crippen LogP contribution in [0.2, 0.25) is 0 Å². The molecule has 4 nitrogen and oxygen atoms in total. The molecule has 0 aliphatic rings. The molecule has 0 bridgehead atoms. The molecule has 0 heterocycles. The smallest absolute Gasteiger partial charge is 0.161 e. The van der Waals surface area contributed by atoms with Crippen LogP contribution in [-0.4, -0.2) is 38.8 Å². The van der Waals surface area contributed by atoms with Crippen molar-refractivity contribution in [2.24, 2.45) is 0 Å². The van der Waals surface area contributed by atoms with Crippen LogP contribution in [-0.2, 0) is 19.4 Å². The van der Waals surface area contributed by atoms with Gasteiger partial charge in [0.15, 0.2) is 11.5 Å². The van der Waals surface area contributed by atoms with Crippen LogP contribution in [0.3, 0.4) is 0 Å². The maximum Gasteiger partial charge on any atom is 0.161 e. The summed E-state index contributed by atoms with van der Waals surface area (Å²) in [5, 5.41) is 0. The number of hydrogen-bond acceptors (Lipinski definition) is 4. The van der Waals surface area contributed by atoms with Crippen LogP contribution in [0.5, 0.6) is 17.2 Å². The van der Waals surface area contributed by atoms with Crippen LogP contribution in [0.1, 0.15) is 22.3 Å². The molecule has 0 amide bonds. The molecular weight excluding hydrogens is 550 g/mol. The van der Waals surface area contributed by atoms with Gasteiger partial charge in [0.05, 0.1) is 27.4 Å². The second-order valence-corrected chi connectivity index (χ2v) is 10.1. The Morgan fingerprint density at radius 1 is 0.744 bits per heavy atom. The van der Waals surface area contributed by atoms with E-state index in [0.29, 0.717) is 5.75 Å². The van der Waals surface area contributed by atoms with Gasteiger partial charge in [0.1, 0.15) is 5.75 Å². The lowest BCUT2D eigenvalue weighted by atomic mass is 10.0. The van der Waals surface area contributed by atoms with Gasteiger partial charge in [-0.05, 0) is 65.9 Å². The van der Waals surface area contributed by atoms with Crippen LogP contribution in [0.4, 0.5) is 0 Å². The van der Waals surface area contributed by atoms with Crippen LogP contribution in [0, 0.1) is 11.8 Å². The minimum absolute atomic E-state index is 0.00799. The van der Waals surface area contributed by atoms with E-state index in [4.69, 9.17) is 14.2 Å². The Morgan fingerprint density at radius 3 is 2.03 bits per heavy atom. The summed E-state index contributed by atoms with van der Waals surface area (Å²) in [5.74, 6) is 9.33. The molecule has 4 aromatic carbocycles. The first-order chi connectivity index (χ1) is 19.1. The molecule has 0 spiro atoms. The second-order valence-electron chi connectivity index (χ2n) is 9.21. The summed E-state index contributed by atoms with van der Waals surface area (Å²) < 4.78 is 17.4. The van der Waals surface area contributed by atoms with Crippen molar-refractivity contribution in [2.45, 2.75) is 25.4 Å². The van der Waals surface area contributed by atoms with E-state index in [1.807, 2.05) is 36.4 Å². The molecule has 0 aliphatic carbocycles. The van der Waals surface area contributed by atoms with Crippen molar-refractivity contribution in [3.05, 3.63) is 124 Å². The maximum absolute atomic E-state index is 5.58. The number of rotatable bonds is 11. The van der Waals surface area contributed by atoms with Crippen molar-refractivity contribution in [1.82, 2.24) is 4.90 Å². The third kappa shape index (κ3) is 8.13. The lowest BCUT2D eigenvalue weighted by Gasteiger charge is -2.29. The van der Waals surface area contributed by atoms with Crippen molar-refractivity contribution < 1.29 is 14.2 Å². The molecule has 200 valence electrons. The number of hydrogen-bond donors (Lipinski definition) is 0. The highest BCUT2D eigenvalue weighted by atomic mass is 79.9. The summed E-state index contributed by atoms with van der Waals surface area (Å²) >= 11 is 3.74. The van der Waals surface area contributed by atoms with Crippen molar-refractivity contribution in [2.75, 3.05) is 27.9 Å². The fraction of sp³-hybridized carbons (Fsp3) is 0.235. The Kier molecular flexibility index (Phi) is 10.5. The van der Waals surface area contributed by atoms with E-state index in [1.54, 1.807) is 21.3 Å². The Bertz CT molecular complexity index is 1380. The summed E-state index contributed by atoms with van der Waals surface area (Å²) in [6, 6.07) is 33.1. The molecule has 0 fully saturated rings. The zero-order chi connectivity index (χ0) is 27.5. The van der Waals surface area contributed by atoms with Crippen LogP contribution < -0.4 is 14.2 Å². The molecule has 5 heteroatoms. The van der Waals surface area contributed by atoms with Gasteiger partial charge in [-0.25, -0.2) is 0 Å². The topological polar surface area (TPSA) is 30.9 Å². The summed E-state index contributed by atoms with van der Waals surface area (Å²) in [4.78, 5) is 2.47. The third-order valence-electron chi connectivity index (χ3n) is 6.64. The molecule has 0 aromatic heterocycles. The van der Waals surface area contributed by atoms with Crippen LogP contribution in [0.25, 0.3) is 0 Å². The molecule has 0 N–H and O–H groups in total. The van der Waals surface area contributed by atoms with Crippen LogP contribution in [0.15, 0.2) is 102 Å². The normalized spacial score (nSPS) is 11.4. The predicted molar refractivity (Wildman–Crippen MR) is 162 cm³/mol. The molecule has 4 rings (SSSR count). The van der Waals surface area contributed by atoms with E-state index in [1.165, 1.54) is 11.1 Å². The Labute approximate surface area is 240 Å². The monoisotopic (exact) mass is 583 g/mol. The molecule has 1 atom stereocenters. The summed E-state index contributed by atoms with van der Waals surface area (Å²) in [6.07, 6.45) is 1.64. The van der Waals surface area contributed by atoms with Gasteiger partial charge in [-0.2, -0.15) is 0 Å². The molecule has 4 aromatic rings. The molecule has 0 saturated carbocycles. The van der Waals surface area contributed by atoms with Crippen molar-refractivity contribution in [1.29, 1.82) is 0 Å². The standard InChI is InChI=1S/C34H34BrNO3/c1-37-31-18-15-28(16-19-31)25-36(21-20-29-23-33(38-2)34(39-3)24-32(29)35)30(22-27-12-8-5-9-13-27)17-14-26-10-6-4-7-11-26/h4-13,15-16,18-19,23-24,30H,20-22,25H2,1-3H3. The maximum atomic E-state index is 5.58. The van der Waals surface area contributed by atoms with Crippen LogP contribution >= 0.6 is 15.9 Å². The number of methoxy groups -OCH3 is 3. The van der Waals surface area contributed by atoms with E-state index in [0.717, 1.165) is 53.0 Å². The summed E-state index contributed by atoms with van der Waals surface area (Å²) in [6.45, 7) is 1.57. The van der Waals surface area contributed by atoms with Gasteiger partial charge in [-0.1, -0.05) is 88.4 Å². The molecule has 39 heavy (non-hydrogen) atoms. The number of halogens is 1. The number of benzene rings is 4. The van der Waals surface area contributed by atoms with Gasteiger partial charge < -0.3 is 14.2 Å².